The van der Waals surface area contributed by atoms with Crippen LogP contribution in [0.5, 0.6) is 11.5 Å². The maximum atomic E-state index is 15.5. The Bertz CT molecular complexity index is 1450. The number of nitrogens with one attached hydrogen (secondary N) is 3. The quantitative estimate of drug-likeness (QED) is 0.196. The first-order valence-electron chi connectivity index (χ1n) is 13.0. The summed E-state index contributed by atoms with van der Waals surface area (Å²) in [5.74, 6) is -1.36. The highest BCUT2D eigenvalue weighted by atomic mass is 32.1. The number of amidine groups is 1. The number of amides is 3. The zero-order valence-electron chi connectivity index (χ0n) is 23.0. The molecule has 0 spiro atoms. The number of rotatable bonds is 11. The summed E-state index contributed by atoms with van der Waals surface area (Å²) in [6, 6.07) is 11.7. The van der Waals surface area contributed by atoms with Gasteiger partial charge in [-0.05, 0) is 61.5 Å². The molecule has 0 saturated carbocycles. The van der Waals surface area contributed by atoms with Gasteiger partial charge in [0.25, 0.3) is 5.91 Å². The SMILES string of the molecule is COC[C@@]1(F)C[C@@H](C(=O)NC(C)c2cc(C(=N)N)cs2)N(C(=O)CNC(=O)c2ccc(Oc3ccc(F)cc3)cc2)C1. The Morgan fingerprint density at radius 1 is 1.14 bits per heavy atom. The van der Waals surface area contributed by atoms with Gasteiger partial charge in [0.05, 0.1) is 25.7 Å². The second-order valence-corrected chi connectivity index (χ2v) is 10.9. The van der Waals surface area contributed by atoms with E-state index < -0.39 is 47.8 Å². The van der Waals surface area contributed by atoms with Gasteiger partial charge in [-0.2, -0.15) is 0 Å². The predicted molar refractivity (Wildman–Crippen MR) is 153 cm³/mol. The Labute approximate surface area is 245 Å². The number of benzene rings is 2. The molecule has 5 N–H and O–H groups in total. The standard InChI is InChI=1S/C29H31F2N5O5S/c1-17(24-11-19(14-42-24)26(32)33)35-28(39)23-12-29(31,16-40-2)15-36(23)25(37)13-34-27(38)18-3-7-21(8-4-18)41-22-9-5-20(30)6-10-22/h3-11,14,17,23H,12-13,15-16H2,1-2H3,(H3,32,33)(H,34,38)(H,35,39)/t17?,23-,29+/m0/s1. The van der Waals surface area contributed by atoms with E-state index in [1.54, 1.807) is 30.5 Å². The number of carbonyl (C=O) groups excluding carboxylic acids is 3. The number of halogens is 2. The predicted octanol–water partition coefficient (Wildman–Crippen LogP) is 3.53. The van der Waals surface area contributed by atoms with Crippen LogP contribution in [-0.4, -0.2) is 67.0 Å². The van der Waals surface area contributed by atoms with Gasteiger partial charge < -0.3 is 30.7 Å². The van der Waals surface area contributed by atoms with Gasteiger partial charge in [0, 0.05) is 34.9 Å². The van der Waals surface area contributed by atoms with Crippen molar-refractivity contribution in [1.82, 2.24) is 15.5 Å². The number of nitrogens with zero attached hydrogens (tertiary/aromatic N) is 1. The summed E-state index contributed by atoms with van der Waals surface area (Å²) in [5.41, 5.74) is 4.36. The molecular weight excluding hydrogens is 568 g/mol. The zero-order valence-corrected chi connectivity index (χ0v) is 23.8. The van der Waals surface area contributed by atoms with Crippen LogP contribution in [0.25, 0.3) is 0 Å². The molecule has 1 aromatic heterocycles. The van der Waals surface area contributed by atoms with E-state index in [0.29, 0.717) is 17.1 Å². The summed E-state index contributed by atoms with van der Waals surface area (Å²) in [6.07, 6.45) is -0.266. The molecule has 1 aliphatic rings. The van der Waals surface area contributed by atoms with Crippen molar-refractivity contribution >= 4 is 34.9 Å². The van der Waals surface area contributed by atoms with Crippen molar-refractivity contribution in [3.63, 3.8) is 0 Å². The van der Waals surface area contributed by atoms with E-state index in [4.69, 9.17) is 20.6 Å². The van der Waals surface area contributed by atoms with Crippen LogP contribution in [0.1, 0.15) is 40.2 Å². The molecule has 42 heavy (non-hydrogen) atoms. The first kappa shape index (κ1) is 30.6. The summed E-state index contributed by atoms with van der Waals surface area (Å²) in [4.78, 5) is 40.9. The third-order valence-corrected chi connectivity index (χ3v) is 7.81. The summed E-state index contributed by atoms with van der Waals surface area (Å²) in [5, 5.41) is 14.6. The number of thiophene rings is 1. The molecular formula is C29H31F2N5O5S. The third kappa shape index (κ3) is 7.47. The summed E-state index contributed by atoms with van der Waals surface area (Å²) in [6.45, 7) is 0.609. The maximum Gasteiger partial charge on any atom is 0.251 e. The Kier molecular flexibility index (Phi) is 9.53. The third-order valence-electron chi connectivity index (χ3n) is 6.70. The van der Waals surface area contributed by atoms with Crippen molar-refractivity contribution in [2.24, 2.45) is 5.73 Å². The Morgan fingerprint density at radius 2 is 1.79 bits per heavy atom. The van der Waals surface area contributed by atoms with E-state index in [-0.39, 0.29) is 31.0 Å². The number of likely N-dealkylation sites (tertiary alicyclic amines) is 1. The average molecular weight is 600 g/mol. The molecule has 2 aromatic carbocycles. The van der Waals surface area contributed by atoms with Gasteiger partial charge in [-0.1, -0.05) is 0 Å². The van der Waals surface area contributed by atoms with E-state index >= 15 is 4.39 Å². The molecule has 1 saturated heterocycles. The van der Waals surface area contributed by atoms with Crippen molar-refractivity contribution in [1.29, 1.82) is 5.41 Å². The van der Waals surface area contributed by atoms with Crippen LogP contribution >= 0.6 is 11.3 Å². The van der Waals surface area contributed by atoms with Crippen LogP contribution < -0.4 is 21.1 Å². The van der Waals surface area contributed by atoms with Crippen molar-refractivity contribution in [2.75, 3.05) is 26.8 Å². The second kappa shape index (κ2) is 13.1. The van der Waals surface area contributed by atoms with Gasteiger partial charge in [0.15, 0.2) is 5.67 Å². The van der Waals surface area contributed by atoms with Crippen LogP contribution in [0.15, 0.2) is 60.0 Å². The van der Waals surface area contributed by atoms with E-state index in [9.17, 15) is 18.8 Å². The van der Waals surface area contributed by atoms with Crippen molar-refractivity contribution < 1.29 is 32.6 Å². The number of carbonyl (C=O) groups is 3. The molecule has 10 nitrogen and oxygen atoms in total. The van der Waals surface area contributed by atoms with Crippen molar-refractivity contribution in [2.45, 2.75) is 31.1 Å². The molecule has 13 heteroatoms. The normalized spacial score (nSPS) is 18.8. The molecule has 0 bridgehead atoms. The minimum absolute atomic E-state index is 0.0957. The average Bonchev–Trinajstić information content (AvgIpc) is 3.59. The van der Waals surface area contributed by atoms with Crippen LogP contribution in [0.3, 0.4) is 0 Å². The first-order chi connectivity index (χ1) is 20.0. The lowest BCUT2D eigenvalue weighted by atomic mass is 10.0. The first-order valence-corrected chi connectivity index (χ1v) is 13.9. The second-order valence-electron chi connectivity index (χ2n) is 9.97. The number of hydrogen-bond donors (Lipinski definition) is 4. The number of methoxy groups -OCH3 is 1. The lowest BCUT2D eigenvalue weighted by Crippen LogP contribution is -2.49. The van der Waals surface area contributed by atoms with Gasteiger partial charge in [-0.15, -0.1) is 11.3 Å². The molecule has 0 aliphatic carbocycles. The van der Waals surface area contributed by atoms with E-state index in [1.165, 1.54) is 54.8 Å². The van der Waals surface area contributed by atoms with Crippen LogP contribution in [0, 0.1) is 11.2 Å². The van der Waals surface area contributed by atoms with E-state index in [2.05, 4.69) is 10.6 Å². The number of hydrogen-bond acceptors (Lipinski definition) is 7. The molecule has 1 fully saturated rings. The number of ether oxygens (including phenoxy) is 2. The minimum atomic E-state index is -1.94. The smallest absolute Gasteiger partial charge is 0.251 e. The topological polar surface area (TPSA) is 147 Å². The fourth-order valence-corrected chi connectivity index (χ4v) is 5.49. The van der Waals surface area contributed by atoms with Gasteiger partial charge in [-0.3, -0.25) is 19.8 Å². The molecule has 2 heterocycles. The molecule has 1 aliphatic heterocycles. The molecule has 1 unspecified atom stereocenters. The molecule has 3 aromatic rings. The molecule has 4 rings (SSSR count). The zero-order chi connectivity index (χ0) is 30.4. The highest BCUT2D eigenvalue weighted by molar-refractivity contribution is 7.10. The monoisotopic (exact) mass is 599 g/mol. The Hall–Kier alpha value is -4.36. The molecule has 0 radical (unpaired) electrons. The lowest BCUT2D eigenvalue weighted by molar-refractivity contribution is -0.138. The van der Waals surface area contributed by atoms with Gasteiger partial charge in [-0.25, -0.2) is 8.78 Å². The van der Waals surface area contributed by atoms with Gasteiger partial charge >= 0.3 is 0 Å². The molecule has 3 amide bonds. The summed E-state index contributed by atoms with van der Waals surface area (Å²) in [7, 11) is 1.34. The minimum Gasteiger partial charge on any atom is -0.457 e. The van der Waals surface area contributed by atoms with Crippen LogP contribution in [0.2, 0.25) is 0 Å². The van der Waals surface area contributed by atoms with Gasteiger partial charge in [0.1, 0.15) is 29.2 Å². The van der Waals surface area contributed by atoms with Crippen LogP contribution in [0.4, 0.5) is 8.78 Å². The molecule has 3 atom stereocenters. The van der Waals surface area contributed by atoms with Crippen LogP contribution in [-0.2, 0) is 14.3 Å². The number of alkyl halides is 1. The van der Waals surface area contributed by atoms with Crippen molar-refractivity contribution in [3.8, 4) is 11.5 Å². The maximum absolute atomic E-state index is 15.5. The Balaban J connectivity index is 1.37. The van der Waals surface area contributed by atoms with E-state index in [1.807, 2.05) is 0 Å². The summed E-state index contributed by atoms with van der Waals surface area (Å²) < 4.78 is 39.2. The lowest BCUT2D eigenvalue weighted by Gasteiger charge is -2.25. The fourth-order valence-electron chi connectivity index (χ4n) is 4.57. The van der Waals surface area contributed by atoms with Gasteiger partial charge in [0.2, 0.25) is 11.8 Å². The highest BCUT2D eigenvalue weighted by Gasteiger charge is 2.49. The summed E-state index contributed by atoms with van der Waals surface area (Å²) >= 11 is 1.32. The van der Waals surface area contributed by atoms with Crippen molar-refractivity contribution in [3.05, 3.63) is 81.8 Å². The number of nitrogen functional groups attached to an aromatic ring is 1. The highest BCUT2D eigenvalue weighted by Crippen LogP contribution is 2.32. The number of nitrogens with two attached hydrogens (primary N) is 1. The fraction of sp³-hybridized carbons (Fsp3) is 0.310. The molecule has 222 valence electrons. The Morgan fingerprint density at radius 3 is 2.38 bits per heavy atom. The van der Waals surface area contributed by atoms with E-state index in [0.717, 1.165) is 9.78 Å². The largest absolute Gasteiger partial charge is 0.457 e.